The molecular formula is C18H19FN2O3. The van der Waals surface area contributed by atoms with Crippen LogP contribution in [-0.2, 0) is 9.59 Å². The Morgan fingerprint density at radius 1 is 1.08 bits per heavy atom. The summed E-state index contributed by atoms with van der Waals surface area (Å²) < 4.78 is 19.1. The number of carbonyl (C=O) groups is 2. The number of para-hydroxylation sites is 2. The van der Waals surface area contributed by atoms with Gasteiger partial charge in [-0.15, -0.1) is 0 Å². The summed E-state index contributed by atoms with van der Waals surface area (Å²) in [6, 6.07) is 15.0. The van der Waals surface area contributed by atoms with Gasteiger partial charge in [-0.25, -0.2) is 4.39 Å². The number of nitrogens with one attached hydrogen (secondary N) is 1. The highest BCUT2D eigenvalue weighted by molar-refractivity contribution is 5.91. The van der Waals surface area contributed by atoms with Crippen molar-refractivity contribution >= 4 is 17.5 Å². The van der Waals surface area contributed by atoms with E-state index in [1.165, 1.54) is 24.0 Å². The highest BCUT2D eigenvalue weighted by atomic mass is 19.1. The number of hydrogen-bond donors (Lipinski definition) is 1. The maximum atomic E-state index is 13.8. The van der Waals surface area contributed by atoms with Crippen LogP contribution < -0.4 is 15.0 Å². The number of hydrogen-bond acceptors (Lipinski definition) is 3. The molecule has 126 valence electrons. The highest BCUT2D eigenvalue weighted by Gasteiger charge is 2.15. The predicted octanol–water partition coefficient (Wildman–Crippen LogP) is 2.37. The maximum Gasteiger partial charge on any atom is 0.258 e. The molecule has 2 rings (SSSR count). The first-order valence-corrected chi connectivity index (χ1v) is 7.55. The van der Waals surface area contributed by atoms with Gasteiger partial charge in [0.05, 0.1) is 5.69 Å². The minimum absolute atomic E-state index is 0.121. The van der Waals surface area contributed by atoms with Crippen molar-refractivity contribution in [1.82, 2.24) is 5.32 Å². The average molecular weight is 330 g/mol. The van der Waals surface area contributed by atoms with E-state index in [9.17, 15) is 14.0 Å². The fraction of sp³-hybridized carbons (Fsp3) is 0.222. The van der Waals surface area contributed by atoms with Gasteiger partial charge in [-0.05, 0) is 24.3 Å². The van der Waals surface area contributed by atoms with Crippen molar-refractivity contribution in [3.8, 4) is 5.75 Å². The third-order valence-corrected chi connectivity index (χ3v) is 3.29. The zero-order valence-corrected chi connectivity index (χ0v) is 13.4. The fourth-order valence-corrected chi connectivity index (χ4v) is 2.14. The predicted molar refractivity (Wildman–Crippen MR) is 89.4 cm³/mol. The van der Waals surface area contributed by atoms with E-state index in [0.717, 1.165) is 0 Å². The molecular weight excluding hydrogens is 311 g/mol. The van der Waals surface area contributed by atoms with Crippen molar-refractivity contribution in [3.63, 3.8) is 0 Å². The Kier molecular flexibility index (Phi) is 6.31. The largest absolute Gasteiger partial charge is 0.484 e. The lowest BCUT2D eigenvalue weighted by Crippen LogP contribution is -2.39. The van der Waals surface area contributed by atoms with Crippen molar-refractivity contribution < 1.29 is 18.7 Å². The van der Waals surface area contributed by atoms with Gasteiger partial charge in [0.1, 0.15) is 11.6 Å². The number of benzene rings is 2. The molecule has 0 heterocycles. The highest BCUT2D eigenvalue weighted by Crippen LogP contribution is 2.18. The molecule has 2 amide bonds. The Morgan fingerprint density at radius 3 is 2.42 bits per heavy atom. The van der Waals surface area contributed by atoms with Crippen LogP contribution in [0.4, 0.5) is 10.1 Å². The molecule has 0 saturated carbocycles. The first-order valence-electron chi connectivity index (χ1n) is 7.55. The Bertz CT molecular complexity index is 692. The fourth-order valence-electron chi connectivity index (χ4n) is 2.14. The number of ether oxygens (including phenoxy) is 1. The van der Waals surface area contributed by atoms with E-state index in [-0.39, 0.29) is 37.2 Å². The minimum atomic E-state index is -0.480. The van der Waals surface area contributed by atoms with Crippen molar-refractivity contribution in [2.75, 3.05) is 24.6 Å². The molecule has 0 radical (unpaired) electrons. The van der Waals surface area contributed by atoms with Gasteiger partial charge in [0, 0.05) is 20.0 Å². The summed E-state index contributed by atoms with van der Waals surface area (Å²) in [6.45, 7) is 1.61. The van der Waals surface area contributed by atoms with E-state index in [1.807, 2.05) is 18.2 Å². The lowest BCUT2D eigenvalue weighted by molar-refractivity contribution is -0.123. The summed E-state index contributed by atoms with van der Waals surface area (Å²) in [5.41, 5.74) is 0.194. The SMILES string of the molecule is CC(=O)N(CCNC(=O)COc1ccccc1)c1ccccc1F. The van der Waals surface area contributed by atoms with Gasteiger partial charge >= 0.3 is 0 Å². The second kappa shape index (κ2) is 8.67. The minimum Gasteiger partial charge on any atom is -0.484 e. The molecule has 0 aliphatic heterocycles. The van der Waals surface area contributed by atoms with E-state index in [4.69, 9.17) is 4.74 Å². The molecule has 0 aromatic heterocycles. The van der Waals surface area contributed by atoms with Gasteiger partial charge in [-0.2, -0.15) is 0 Å². The van der Waals surface area contributed by atoms with Crippen molar-refractivity contribution in [3.05, 3.63) is 60.4 Å². The van der Waals surface area contributed by atoms with Crippen LogP contribution in [0.15, 0.2) is 54.6 Å². The van der Waals surface area contributed by atoms with E-state index in [2.05, 4.69) is 5.32 Å². The molecule has 2 aromatic carbocycles. The molecule has 0 fully saturated rings. The van der Waals surface area contributed by atoms with E-state index < -0.39 is 5.82 Å². The Morgan fingerprint density at radius 2 is 1.75 bits per heavy atom. The van der Waals surface area contributed by atoms with Crippen LogP contribution in [0, 0.1) is 5.82 Å². The third kappa shape index (κ3) is 5.08. The van der Waals surface area contributed by atoms with Crippen LogP contribution >= 0.6 is 0 Å². The number of rotatable bonds is 7. The molecule has 1 N–H and O–H groups in total. The molecule has 0 aliphatic carbocycles. The zero-order valence-electron chi connectivity index (χ0n) is 13.4. The monoisotopic (exact) mass is 330 g/mol. The number of carbonyl (C=O) groups excluding carboxylic acids is 2. The molecule has 2 aromatic rings. The number of halogens is 1. The van der Waals surface area contributed by atoms with Gasteiger partial charge < -0.3 is 15.0 Å². The second-order valence-electron chi connectivity index (χ2n) is 5.07. The summed E-state index contributed by atoms with van der Waals surface area (Å²) in [4.78, 5) is 24.7. The summed E-state index contributed by atoms with van der Waals surface area (Å²) in [5, 5.41) is 2.65. The molecule has 0 unspecified atom stereocenters. The van der Waals surface area contributed by atoms with Crippen molar-refractivity contribution in [2.24, 2.45) is 0 Å². The number of anilines is 1. The molecule has 0 aliphatic rings. The van der Waals surface area contributed by atoms with Gasteiger partial charge in [-0.1, -0.05) is 30.3 Å². The summed E-state index contributed by atoms with van der Waals surface area (Å²) in [7, 11) is 0. The molecule has 24 heavy (non-hydrogen) atoms. The third-order valence-electron chi connectivity index (χ3n) is 3.29. The maximum absolute atomic E-state index is 13.8. The molecule has 0 saturated heterocycles. The summed E-state index contributed by atoms with van der Waals surface area (Å²) in [6.07, 6.45) is 0. The molecule has 5 nitrogen and oxygen atoms in total. The van der Waals surface area contributed by atoms with Crippen molar-refractivity contribution in [1.29, 1.82) is 0 Å². The van der Waals surface area contributed by atoms with Gasteiger partial charge in [-0.3, -0.25) is 9.59 Å². The van der Waals surface area contributed by atoms with E-state index >= 15 is 0 Å². The molecule has 0 atom stereocenters. The Hall–Kier alpha value is -2.89. The number of amides is 2. The van der Waals surface area contributed by atoms with Crippen LogP contribution in [0.1, 0.15) is 6.92 Å². The molecule has 0 spiro atoms. The lowest BCUT2D eigenvalue weighted by atomic mass is 10.2. The first kappa shape index (κ1) is 17.5. The van der Waals surface area contributed by atoms with Crippen LogP contribution in [0.25, 0.3) is 0 Å². The van der Waals surface area contributed by atoms with Crippen LogP contribution in [0.5, 0.6) is 5.75 Å². The standard InChI is InChI=1S/C18H19FN2O3/c1-14(22)21(17-10-6-5-9-16(17)19)12-11-20-18(23)13-24-15-7-3-2-4-8-15/h2-10H,11-13H2,1H3,(H,20,23). The van der Waals surface area contributed by atoms with Gasteiger partial charge in [0.15, 0.2) is 6.61 Å². The second-order valence-corrected chi connectivity index (χ2v) is 5.07. The van der Waals surface area contributed by atoms with Crippen molar-refractivity contribution in [2.45, 2.75) is 6.92 Å². The lowest BCUT2D eigenvalue weighted by Gasteiger charge is -2.21. The van der Waals surface area contributed by atoms with Crippen LogP contribution in [-0.4, -0.2) is 31.5 Å². The molecule has 6 heteroatoms. The Labute approximate surface area is 140 Å². The zero-order chi connectivity index (χ0) is 17.4. The summed E-state index contributed by atoms with van der Waals surface area (Å²) >= 11 is 0. The topological polar surface area (TPSA) is 58.6 Å². The summed E-state index contributed by atoms with van der Waals surface area (Å²) in [5.74, 6) is -0.485. The normalized spacial score (nSPS) is 10.1. The van der Waals surface area contributed by atoms with Crippen LogP contribution in [0.3, 0.4) is 0 Å². The average Bonchev–Trinajstić information content (AvgIpc) is 2.58. The Balaban J connectivity index is 1.81. The van der Waals surface area contributed by atoms with E-state index in [0.29, 0.717) is 5.75 Å². The van der Waals surface area contributed by atoms with Crippen LogP contribution in [0.2, 0.25) is 0 Å². The number of nitrogens with zero attached hydrogens (tertiary/aromatic N) is 1. The molecule has 0 bridgehead atoms. The first-order chi connectivity index (χ1) is 11.6. The smallest absolute Gasteiger partial charge is 0.258 e. The van der Waals surface area contributed by atoms with Gasteiger partial charge in [0.2, 0.25) is 5.91 Å². The van der Waals surface area contributed by atoms with E-state index in [1.54, 1.807) is 24.3 Å². The van der Waals surface area contributed by atoms with Gasteiger partial charge in [0.25, 0.3) is 5.91 Å². The quantitative estimate of drug-likeness (QED) is 0.848.